The molecule has 1 atom stereocenters. The van der Waals surface area contributed by atoms with Crippen molar-refractivity contribution in [1.29, 1.82) is 5.26 Å². The number of allylic oxidation sites excluding steroid dienone is 2. The largest absolute Gasteiger partial charge is 0.440 e. The molecule has 0 fully saturated rings. The highest BCUT2D eigenvalue weighted by Gasteiger charge is 2.34. The molecule has 0 saturated carbocycles. The molecular formula is C26H27N3OS2. The lowest BCUT2D eigenvalue weighted by Gasteiger charge is -2.30. The minimum atomic E-state index is -0.205. The number of likely N-dealkylation sites (N-methyl/N-ethyl adjacent to an activating group) is 1. The van der Waals surface area contributed by atoms with Gasteiger partial charge in [-0.2, -0.15) is 5.26 Å². The number of nitrogens with zero attached hydrogens (tertiary/aromatic N) is 2. The highest BCUT2D eigenvalue weighted by Crippen LogP contribution is 2.42. The number of nitriles is 1. The first-order valence-electron chi connectivity index (χ1n) is 10.6. The Hall–Kier alpha value is -2.59. The fourth-order valence-corrected chi connectivity index (χ4v) is 5.03. The van der Waals surface area contributed by atoms with Gasteiger partial charge in [0.25, 0.3) is 0 Å². The highest BCUT2D eigenvalue weighted by atomic mass is 32.2. The lowest BCUT2D eigenvalue weighted by molar-refractivity contribution is 0.281. The Labute approximate surface area is 198 Å². The van der Waals surface area contributed by atoms with Crippen LogP contribution in [0.25, 0.3) is 5.57 Å². The maximum Gasteiger partial charge on any atom is 0.205 e. The second kappa shape index (κ2) is 9.91. The molecule has 1 unspecified atom stereocenters. The van der Waals surface area contributed by atoms with E-state index in [1.54, 1.807) is 23.5 Å². The van der Waals surface area contributed by atoms with Gasteiger partial charge in [-0.15, -0.1) is 23.5 Å². The van der Waals surface area contributed by atoms with E-state index in [4.69, 9.17) is 10.5 Å². The number of rotatable bonds is 5. The molecule has 0 saturated heterocycles. The molecular weight excluding hydrogens is 434 g/mol. The summed E-state index contributed by atoms with van der Waals surface area (Å²) < 4.78 is 6.06. The fraction of sp³-hybridized carbons (Fsp3) is 0.269. The van der Waals surface area contributed by atoms with Crippen molar-refractivity contribution in [2.75, 3.05) is 32.1 Å². The molecule has 0 bridgehead atoms. The zero-order chi connectivity index (χ0) is 22.7. The van der Waals surface area contributed by atoms with E-state index >= 15 is 0 Å². The zero-order valence-corrected chi connectivity index (χ0v) is 20.2. The Bertz CT molecular complexity index is 1130. The highest BCUT2D eigenvalue weighted by molar-refractivity contribution is 7.98. The minimum Gasteiger partial charge on any atom is -0.440 e. The van der Waals surface area contributed by atoms with Gasteiger partial charge in [-0.05, 0) is 71.7 Å². The third-order valence-corrected chi connectivity index (χ3v) is 7.50. The molecule has 2 aliphatic heterocycles. The zero-order valence-electron chi connectivity index (χ0n) is 18.6. The van der Waals surface area contributed by atoms with Crippen molar-refractivity contribution in [2.45, 2.75) is 22.6 Å². The summed E-state index contributed by atoms with van der Waals surface area (Å²) in [5.74, 6) is 0.756. The molecule has 4 rings (SSSR count). The van der Waals surface area contributed by atoms with Crippen molar-refractivity contribution in [1.82, 2.24) is 4.90 Å². The van der Waals surface area contributed by atoms with Gasteiger partial charge in [0.05, 0.1) is 5.92 Å². The summed E-state index contributed by atoms with van der Waals surface area (Å²) >= 11 is 3.44. The predicted molar refractivity (Wildman–Crippen MR) is 134 cm³/mol. The van der Waals surface area contributed by atoms with Crippen LogP contribution in [0.4, 0.5) is 0 Å². The van der Waals surface area contributed by atoms with Crippen LogP contribution < -0.4 is 5.73 Å². The Balaban J connectivity index is 1.83. The van der Waals surface area contributed by atoms with Gasteiger partial charge in [-0.1, -0.05) is 31.2 Å². The molecule has 0 radical (unpaired) electrons. The van der Waals surface area contributed by atoms with Crippen LogP contribution in [0, 0.1) is 11.3 Å². The topological polar surface area (TPSA) is 62.3 Å². The van der Waals surface area contributed by atoms with Crippen LogP contribution in [0.5, 0.6) is 0 Å². The van der Waals surface area contributed by atoms with Crippen LogP contribution in [-0.4, -0.2) is 37.0 Å². The number of thioether (sulfide) groups is 2. The van der Waals surface area contributed by atoms with Gasteiger partial charge in [0.1, 0.15) is 17.4 Å². The van der Waals surface area contributed by atoms with Crippen LogP contribution in [-0.2, 0) is 4.74 Å². The summed E-state index contributed by atoms with van der Waals surface area (Å²) in [6.07, 6.45) is 6.26. The maximum atomic E-state index is 9.93. The second-order valence-electron chi connectivity index (χ2n) is 7.79. The van der Waals surface area contributed by atoms with Gasteiger partial charge in [-0.25, -0.2) is 0 Å². The average molecular weight is 462 g/mol. The summed E-state index contributed by atoms with van der Waals surface area (Å²) in [7, 11) is 0. The molecule has 164 valence electrons. The molecule has 2 aromatic rings. The minimum absolute atomic E-state index is 0.198. The molecule has 2 aliphatic rings. The van der Waals surface area contributed by atoms with E-state index in [9.17, 15) is 5.26 Å². The lowest BCUT2D eigenvalue weighted by Crippen LogP contribution is -2.30. The molecule has 2 N–H and O–H groups in total. The van der Waals surface area contributed by atoms with Gasteiger partial charge < -0.3 is 10.5 Å². The van der Waals surface area contributed by atoms with Crippen molar-refractivity contribution in [3.8, 4) is 6.07 Å². The first kappa shape index (κ1) is 22.6. The van der Waals surface area contributed by atoms with E-state index in [1.165, 1.54) is 20.9 Å². The first-order chi connectivity index (χ1) is 15.6. The average Bonchev–Trinajstić information content (AvgIpc) is 3.02. The molecule has 0 aliphatic carbocycles. The van der Waals surface area contributed by atoms with Crippen molar-refractivity contribution in [3.63, 3.8) is 0 Å². The van der Waals surface area contributed by atoms with E-state index in [0.717, 1.165) is 36.5 Å². The van der Waals surface area contributed by atoms with Crippen LogP contribution in [0.3, 0.4) is 0 Å². The number of nitrogens with two attached hydrogens (primary N) is 1. The van der Waals surface area contributed by atoms with Gasteiger partial charge in [0, 0.05) is 22.9 Å². The quantitative estimate of drug-likeness (QED) is 0.584. The molecule has 2 aromatic carbocycles. The number of hydrogen-bond donors (Lipinski definition) is 1. The Morgan fingerprint density at radius 3 is 2.22 bits per heavy atom. The van der Waals surface area contributed by atoms with E-state index in [1.807, 2.05) is 0 Å². The normalized spacial score (nSPS) is 19.1. The van der Waals surface area contributed by atoms with E-state index in [2.05, 4.69) is 85.0 Å². The van der Waals surface area contributed by atoms with Crippen molar-refractivity contribution in [3.05, 3.63) is 88.5 Å². The van der Waals surface area contributed by atoms with Crippen molar-refractivity contribution < 1.29 is 4.74 Å². The Morgan fingerprint density at radius 1 is 1.03 bits per heavy atom. The SMILES string of the molecule is CCN1CC(c2ccc(SC)cc2)=CC2=C(C1)C(c1ccc(SC)cc1)C(C#N)=C(N)O2. The summed E-state index contributed by atoms with van der Waals surface area (Å²) in [6, 6.07) is 19.4. The van der Waals surface area contributed by atoms with Crippen LogP contribution in [0.15, 0.2) is 87.2 Å². The lowest BCUT2D eigenvalue weighted by atomic mass is 9.83. The molecule has 0 spiro atoms. The van der Waals surface area contributed by atoms with Crippen LogP contribution in [0.2, 0.25) is 0 Å². The number of ether oxygens (including phenoxy) is 1. The standard InChI is InChI=1S/C26H27N3OS2/c1-4-29-15-19(17-5-9-20(31-2)10-6-17)13-24-23(16-29)25(22(14-27)26(28)30-24)18-7-11-21(32-3)12-8-18/h5-13,25H,4,15-16,28H2,1-3H3. The molecule has 4 nitrogen and oxygen atoms in total. The van der Waals surface area contributed by atoms with Gasteiger partial charge >= 0.3 is 0 Å². The molecule has 0 aromatic heterocycles. The Kier molecular flexibility index (Phi) is 7.00. The molecule has 6 heteroatoms. The Morgan fingerprint density at radius 2 is 1.66 bits per heavy atom. The maximum absolute atomic E-state index is 9.93. The van der Waals surface area contributed by atoms with Gasteiger partial charge in [0.2, 0.25) is 5.88 Å². The van der Waals surface area contributed by atoms with Crippen LogP contribution >= 0.6 is 23.5 Å². The summed E-state index contributed by atoms with van der Waals surface area (Å²) in [4.78, 5) is 4.82. The summed E-state index contributed by atoms with van der Waals surface area (Å²) in [6.45, 7) is 4.60. The van der Waals surface area contributed by atoms with Gasteiger partial charge in [0.15, 0.2) is 0 Å². The van der Waals surface area contributed by atoms with E-state index in [0.29, 0.717) is 5.57 Å². The molecule has 32 heavy (non-hydrogen) atoms. The summed E-state index contributed by atoms with van der Waals surface area (Å²) in [5, 5.41) is 9.93. The first-order valence-corrected chi connectivity index (χ1v) is 13.0. The van der Waals surface area contributed by atoms with E-state index < -0.39 is 0 Å². The number of benzene rings is 2. The third-order valence-electron chi connectivity index (χ3n) is 6.01. The van der Waals surface area contributed by atoms with E-state index in [-0.39, 0.29) is 11.8 Å². The fourth-order valence-electron chi connectivity index (χ4n) is 4.22. The van der Waals surface area contributed by atoms with Gasteiger partial charge in [-0.3, -0.25) is 4.90 Å². The second-order valence-corrected chi connectivity index (χ2v) is 9.55. The molecule has 2 heterocycles. The monoisotopic (exact) mass is 461 g/mol. The third kappa shape index (κ3) is 4.47. The van der Waals surface area contributed by atoms with Crippen LogP contribution in [0.1, 0.15) is 24.0 Å². The van der Waals surface area contributed by atoms with Crippen molar-refractivity contribution in [2.24, 2.45) is 5.73 Å². The summed E-state index contributed by atoms with van der Waals surface area (Å²) in [5.41, 5.74) is 11.3. The predicted octanol–water partition coefficient (Wildman–Crippen LogP) is 5.61. The molecule has 0 amide bonds. The number of hydrogen-bond acceptors (Lipinski definition) is 6. The smallest absolute Gasteiger partial charge is 0.205 e. The van der Waals surface area contributed by atoms with Crippen molar-refractivity contribution >= 4 is 29.1 Å².